The first-order chi connectivity index (χ1) is 11.9. The van der Waals surface area contributed by atoms with Crippen molar-refractivity contribution >= 4 is 28.2 Å². The minimum absolute atomic E-state index is 0.0791. The van der Waals surface area contributed by atoms with Gasteiger partial charge in [-0.1, -0.05) is 41.7 Å². The lowest BCUT2D eigenvalue weighted by Gasteiger charge is -2.39. The number of thiophene rings is 1. The molecule has 8 heteroatoms. The Labute approximate surface area is 147 Å². The molecule has 1 aliphatic rings. The lowest BCUT2D eigenvalue weighted by Crippen LogP contribution is -2.49. The third kappa shape index (κ3) is 3.12. The lowest BCUT2D eigenvalue weighted by molar-refractivity contribution is -0.380. The highest BCUT2D eigenvalue weighted by atomic mass is 32.1. The third-order valence-corrected chi connectivity index (χ3v) is 5.65. The first-order valence-electron chi connectivity index (χ1n) is 7.76. The van der Waals surface area contributed by atoms with E-state index in [4.69, 9.17) is 0 Å². The zero-order valence-electron chi connectivity index (χ0n) is 13.3. The number of nitro groups is 1. The van der Waals surface area contributed by atoms with Crippen LogP contribution >= 0.6 is 11.3 Å². The molecule has 7 nitrogen and oxygen atoms in total. The van der Waals surface area contributed by atoms with Gasteiger partial charge in [-0.15, -0.1) is 0 Å². The molecular weight excluding hydrogens is 344 g/mol. The number of rotatable bonds is 4. The van der Waals surface area contributed by atoms with Gasteiger partial charge in [0.25, 0.3) is 5.91 Å². The summed E-state index contributed by atoms with van der Waals surface area (Å²) >= 11 is 0.839. The molecule has 0 spiro atoms. The number of hydrogen-bond donors (Lipinski definition) is 1. The van der Waals surface area contributed by atoms with Gasteiger partial charge >= 0.3 is 11.0 Å². The number of benzene rings is 1. The number of nitrogens with zero attached hydrogens (tertiary/aromatic N) is 2. The molecule has 1 fully saturated rings. The SMILES string of the molecule is O=C(c1ccc([N+](=O)[O-])s1)N1CCC(C(=O)O)(c2ccccc2)CC1. The van der Waals surface area contributed by atoms with E-state index in [1.165, 1.54) is 12.1 Å². The molecule has 0 atom stereocenters. The fourth-order valence-corrected chi connectivity index (χ4v) is 3.96. The van der Waals surface area contributed by atoms with Crippen LogP contribution in [0.3, 0.4) is 0 Å². The number of hydrogen-bond acceptors (Lipinski definition) is 5. The lowest BCUT2D eigenvalue weighted by atomic mass is 9.73. The summed E-state index contributed by atoms with van der Waals surface area (Å²) in [6.45, 7) is 0.595. The Morgan fingerprint density at radius 3 is 2.28 bits per heavy atom. The molecule has 0 saturated carbocycles. The molecule has 3 rings (SSSR count). The summed E-state index contributed by atoms with van der Waals surface area (Å²) < 4.78 is 0. The van der Waals surface area contributed by atoms with E-state index in [-0.39, 0.29) is 10.9 Å². The number of carboxylic acids is 1. The highest BCUT2D eigenvalue weighted by Gasteiger charge is 2.44. The third-order valence-electron chi connectivity index (χ3n) is 4.62. The number of amides is 1. The van der Waals surface area contributed by atoms with Crippen molar-refractivity contribution in [2.45, 2.75) is 18.3 Å². The summed E-state index contributed by atoms with van der Waals surface area (Å²) in [6.07, 6.45) is 0.622. The molecule has 0 unspecified atom stereocenters. The first-order valence-corrected chi connectivity index (χ1v) is 8.58. The van der Waals surface area contributed by atoms with Crippen molar-refractivity contribution in [2.24, 2.45) is 0 Å². The number of carboxylic acid groups (broad SMARTS) is 1. The Morgan fingerprint density at radius 1 is 1.12 bits per heavy atom. The molecule has 0 radical (unpaired) electrons. The summed E-state index contributed by atoms with van der Waals surface area (Å²) in [6, 6.07) is 11.8. The van der Waals surface area contributed by atoms with Crippen molar-refractivity contribution in [3.63, 3.8) is 0 Å². The van der Waals surface area contributed by atoms with Gasteiger partial charge < -0.3 is 10.0 Å². The molecule has 0 bridgehead atoms. The largest absolute Gasteiger partial charge is 0.481 e. The molecule has 130 valence electrons. The van der Waals surface area contributed by atoms with Crippen molar-refractivity contribution in [1.29, 1.82) is 0 Å². The predicted octanol–water partition coefficient (Wildman–Crippen LogP) is 2.91. The van der Waals surface area contributed by atoms with Crippen LogP contribution < -0.4 is 0 Å². The van der Waals surface area contributed by atoms with E-state index >= 15 is 0 Å². The molecule has 1 aromatic carbocycles. The van der Waals surface area contributed by atoms with E-state index in [9.17, 15) is 24.8 Å². The highest BCUT2D eigenvalue weighted by molar-refractivity contribution is 7.17. The maximum atomic E-state index is 12.5. The topological polar surface area (TPSA) is 101 Å². The second-order valence-corrected chi connectivity index (χ2v) is 7.00. The van der Waals surface area contributed by atoms with Crippen molar-refractivity contribution in [3.8, 4) is 0 Å². The van der Waals surface area contributed by atoms with Crippen LogP contribution in [0.25, 0.3) is 0 Å². The van der Waals surface area contributed by atoms with Crippen molar-refractivity contribution in [1.82, 2.24) is 4.90 Å². The van der Waals surface area contributed by atoms with E-state index in [1.807, 2.05) is 18.2 Å². The van der Waals surface area contributed by atoms with Crippen LogP contribution in [-0.4, -0.2) is 39.9 Å². The van der Waals surface area contributed by atoms with Gasteiger partial charge in [-0.2, -0.15) is 0 Å². The summed E-state index contributed by atoms with van der Waals surface area (Å²) in [5.74, 6) is -1.18. The minimum atomic E-state index is -1.00. The minimum Gasteiger partial charge on any atom is -0.481 e. The second kappa shape index (κ2) is 6.64. The Hall–Kier alpha value is -2.74. The maximum Gasteiger partial charge on any atom is 0.324 e. The van der Waals surface area contributed by atoms with E-state index in [0.717, 1.165) is 16.9 Å². The first kappa shape index (κ1) is 17.1. The molecule has 1 aliphatic heterocycles. The van der Waals surface area contributed by atoms with Crippen molar-refractivity contribution < 1.29 is 19.6 Å². The normalized spacial score (nSPS) is 16.4. The standard InChI is InChI=1S/C17H16N2O5S/c20-15(13-6-7-14(25-13)19(23)24)18-10-8-17(9-11-18,16(21)22)12-4-2-1-3-5-12/h1-7H,8-11H2,(H,21,22). The smallest absolute Gasteiger partial charge is 0.324 e. The van der Waals surface area contributed by atoms with Gasteiger partial charge in [0.15, 0.2) is 0 Å². The summed E-state index contributed by atoms with van der Waals surface area (Å²) in [5, 5.41) is 20.4. The molecule has 2 aromatic rings. The molecule has 2 heterocycles. The van der Waals surface area contributed by atoms with Crippen LogP contribution in [0, 0.1) is 10.1 Å². The zero-order valence-corrected chi connectivity index (χ0v) is 14.1. The van der Waals surface area contributed by atoms with Crippen LogP contribution in [0.5, 0.6) is 0 Å². The van der Waals surface area contributed by atoms with Gasteiger partial charge in [-0.05, 0) is 24.5 Å². The maximum absolute atomic E-state index is 12.5. The molecule has 0 aliphatic carbocycles. The van der Waals surface area contributed by atoms with Crippen LogP contribution in [-0.2, 0) is 10.2 Å². The molecular formula is C17H16N2O5S. The molecule has 1 amide bonds. The van der Waals surface area contributed by atoms with Crippen LogP contribution in [0.4, 0.5) is 5.00 Å². The van der Waals surface area contributed by atoms with E-state index in [2.05, 4.69) is 0 Å². The van der Waals surface area contributed by atoms with Gasteiger partial charge in [0.05, 0.1) is 15.2 Å². The average molecular weight is 360 g/mol. The number of likely N-dealkylation sites (tertiary alicyclic amines) is 1. The zero-order chi connectivity index (χ0) is 18.0. The molecule has 25 heavy (non-hydrogen) atoms. The van der Waals surface area contributed by atoms with Crippen molar-refractivity contribution in [2.75, 3.05) is 13.1 Å². The monoisotopic (exact) mass is 360 g/mol. The van der Waals surface area contributed by atoms with Gasteiger partial charge in [-0.25, -0.2) is 0 Å². The highest BCUT2D eigenvalue weighted by Crippen LogP contribution is 2.36. The van der Waals surface area contributed by atoms with Gasteiger partial charge in [0, 0.05) is 19.2 Å². The summed E-state index contributed by atoms with van der Waals surface area (Å²) in [7, 11) is 0. The fourth-order valence-electron chi connectivity index (χ4n) is 3.17. The van der Waals surface area contributed by atoms with Gasteiger partial charge in [-0.3, -0.25) is 19.7 Å². The molecule has 1 N–H and O–H groups in total. The quantitative estimate of drug-likeness (QED) is 0.667. The van der Waals surface area contributed by atoms with E-state index in [0.29, 0.717) is 30.8 Å². The number of piperidine rings is 1. The van der Waals surface area contributed by atoms with Crippen LogP contribution in [0.1, 0.15) is 28.1 Å². The average Bonchev–Trinajstić information content (AvgIpc) is 3.12. The number of aliphatic carboxylic acids is 1. The van der Waals surface area contributed by atoms with Gasteiger partial charge in [0.1, 0.15) is 0 Å². The predicted molar refractivity (Wildman–Crippen MR) is 91.9 cm³/mol. The summed E-state index contributed by atoms with van der Waals surface area (Å²) in [5.41, 5.74) is -0.263. The van der Waals surface area contributed by atoms with Crippen LogP contribution in [0.2, 0.25) is 0 Å². The van der Waals surface area contributed by atoms with E-state index in [1.54, 1.807) is 17.0 Å². The molecule has 1 saturated heterocycles. The van der Waals surface area contributed by atoms with Crippen molar-refractivity contribution in [3.05, 3.63) is 63.0 Å². The Morgan fingerprint density at radius 2 is 1.76 bits per heavy atom. The summed E-state index contributed by atoms with van der Waals surface area (Å²) in [4.78, 5) is 36.5. The Kier molecular flexibility index (Phi) is 4.54. The number of carbonyl (C=O) groups is 2. The number of carbonyl (C=O) groups excluding carboxylic acids is 1. The Bertz CT molecular complexity index is 809. The van der Waals surface area contributed by atoms with Crippen LogP contribution in [0.15, 0.2) is 42.5 Å². The Balaban J connectivity index is 1.76. The fraction of sp³-hybridized carbons (Fsp3) is 0.294. The molecule has 1 aromatic heterocycles. The van der Waals surface area contributed by atoms with Gasteiger partial charge in [0.2, 0.25) is 0 Å². The second-order valence-electron chi connectivity index (χ2n) is 5.94. The van der Waals surface area contributed by atoms with E-state index < -0.39 is 16.3 Å².